The molecule has 2 aromatic heterocycles. The Kier molecular flexibility index (Phi) is 4.22. The van der Waals surface area contributed by atoms with E-state index in [1.54, 1.807) is 6.20 Å². The first-order valence-corrected chi connectivity index (χ1v) is 8.01. The molecule has 122 valence electrons. The van der Waals surface area contributed by atoms with Gasteiger partial charge < -0.3 is 14.2 Å². The van der Waals surface area contributed by atoms with E-state index in [0.29, 0.717) is 13.1 Å². The fraction of sp³-hybridized carbons (Fsp3) is 0.444. The Bertz CT molecular complexity index is 699. The number of carbonyl (C=O) groups is 1. The number of hydrogen-bond donors (Lipinski definition) is 0. The van der Waals surface area contributed by atoms with E-state index in [2.05, 4.69) is 9.55 Å². The molecule has 0 radical (unpaired) electrons. The van der Waals surface area contributed by atoms with E-state index in [0.717, 1.165) is 22.6 Å². The molecule has 0 spiro atoms. The van der Waals surface area contributed by atoms with E-state index >= 15 is 0 Å². The Morgan fingerprint density at radius 2 is 1.96 bits per heavy atom. The van der Waals surface area contributed by atoms with Gasteiger partial charge in [-0.25, -0.2) is 0 Å². The summed E-state index contributed by atoms with van der Waals surface area (Å²) in [6, 6.07) is 5.87. The molecule has 23 heavy (non-hydrogen) atoms. The number of pyridine rings is 1. The molecule has 5 heteroatoms. The Labute approximate surface area is 136 Å². The third-order valence-electron chi connectivity index (χ3n) is 4.27. The number of hydrogen-bond acceptors (Lipinski definition) is 3. The van der Waals surface area contributed by atoms with Crippen molar-refractivity contribution in [3.8, 4) is 5.69 Å². The zero-order chi connectivity index (χ0) is 16.6. The van der Waals surface area contributed by atoms with Crippen LogP contribution >= 0.6 is 0 Å². The van der Waals surface area contributed by atoms with Gasteiger partial charge in [0, 0.05) is 30.7 Å². The Balaban J connectivity index is 1.93. The molecule has 1 fully saturated rings. The summed E-state index contributed by atoms with van der Waals surface area (Å²) >= 11 is 0. The molecule has 1 aliphatic heterocycles. The van der Waals surface area contributed by atoms with Crippen molar-refractivity contribution >= 4 is 5.91 Å². The van der Waals surface area contributed by atoms with E-state index in [9.17, 15) is 4.79 Å². The van der Waals surface area contributed by atoms with Gasteiger partial charge in [0.15, 0.2) is 0 Å². The number of amides is 1. The molecule has 5 nitrogen and oxygen atoms in total. The van der Waals surface area contributed by atoms with Crippen LogP contribution in [-0.2, 0) is 4.74 Å². The van der Waals surface area contributed by atoms with E-state index in [-0.39, 0.29) is 18.1 Å². The Morgan fingerprint density at radius 3 is 2.57 bits per heavy atom. The number of aromatic nitrogens is 2. The van der Waals surface area contributed by atoms with Crippen molar-refractivity contribution in [3.05, 3.63) is 47.5 Å². The lowest BCUT2D eigenvalue weighted by Crippen LogP contribution is -2.48. The zero-order valence-electron chi connectivity index (χ0n) is 14.1. The van der Waals surface area contributed by atoms with Gasteiger partial charge in [0.05, 0.1) is 29.7 Å². The minimum absolute atomic E-state index is 0.0736. The zero-order valence-corrected chi connectivity index (χ0v) is 14.1. The second-order valence-electron chi connectivity index (χ2n) is 6.30. The number of carbonyl (C=O) groups excluding carboxylic acids is 1. The van der Waals surface area contributed by atoms with Crippen molar-refractivity contribution in [3.63, 3.8) is 0 Å². The number of morpholine rings is 1. The number of ether oxygens (including phenoxy) is 1. The van der Waals surface area contributed by atoms with Gasteiger partial charge in [0.2, 0.25) is 0 Å². The van der Waals surface area contributed by atoms with Gasteiger partial charge in [-0.1, -0.05) is 0 Å². The van der Waals surface area contributed by atoms with Gasteiger partial charge >= 0.3 is 0 Å². The maximum Gasteiger partial charge on any atom is 0.255 e. The van der Waals surface area contributed by atoms with Crippen molar-refractivity contribution in [2.24, 2.45) is 0 Å². The summed E-state index contributed by atoms with van der Waals surface area (Å²) in [6.07, 6.45) is 3.71. The summed E-state index contributed by atoms with van der Waals surface area (Å²) in [6.45, 7) is 9.30. The van der Waals surface area contributed by atoms with Gasteiger partial charge in [-0.05, 0) is 45.9 Å². The normalized spacial score (nSPS) is 21.5. The lowest BCUT2D eigenvalue weighted by atomic mass is 10.1. The highest BCUT2D eigenvalue weighted by Crippen LogP contribution is 2.23. The fourth-order valence-corrected chi connectivity index (χ4v) is 3.38. The fourth-order valence-electron chi connectivity index (χ4n) is 3.38. The molecule has 0 N–H and O–H groups in total. The topological polar surface area (TPSA) is 47.4 Å². The van der Waals surface area contributed by atoms with E-state index in [1.807, 2.05) is 57.0 Å². The summed E-state index contributed by atoms with van der Waals surface area (Å²) < 4.78 is 7.80. The monoisotopic (exact) mass is 313 g/mol. The van der Waals surface area contributed by atoms with Crippen molar-refractivity contribution in [2.45, 2.75) is 39.9 Å². The van der Waals surface area contributed by atoms with Crippen LogP contribution < -0.4 is 0 Å². The Morgan fingerprint density at radius 1 is 1.26 bits per heavy atom. The van der Waals surface area contributed by atoms with Crippen LogP contribution in [0.5, 0.6) is 0 Å². The molecule has 2 aromatic rings. The van der Waals surface area contributed by atoms with E-state index in [1.165, 1.54) is 0 Å². The van der Waals surface area contributed by atoms with Gasteiger partial charge in [0.1, 0.15) is 0 Å². The van der Waals surface area contributed by atoms with Crippen molar-refractivity contribution in [1.82, 2.24) is 14.5 Å². The molecule has 0 unspecified atom stereocenters. The van der Waals surface area contributed by atoms with Crippen LogP contribution in [0.4, 0.5) is 0 Å². The molecule has 3 heterocycles. The van der Waals surface area contributed by atoms with Crippen LogP contribution in [0.25, 0.3) is 5.69 Å². The van der Waals surface area contributed by atoms with Crippen molar-refractivity contribution < 1.29 is 9.53 Å². The predicted molar refractivity (Wildman–Crippen MR) is 89.0 cm³/mol. The van der Waals surface area contributed by atoms with E-state index in [4.69, 9.17) is 4.74 Å². The van der Waals surface area contributed by atoms with Crippen LogP contribution in [-0.4, -0.2) is 45.7 Å². The number of aryl methyl sites for hydroxylation is 1. The highest BCUT2D eigenvalue weighted by molar-refractivity contribution is 5.96. The molecule has 0 aromatic carbocycles. The van der Waals surface area contributed by atoms with Crippen molar-refractivity contribution in [1.29, 1.82) is 0 Å². The standard InChI is InChI=1S/C18H23N3O2/c1-12-8-17(15(4)21(12)16-6-5-7-19-9-16)18(22)20-10-13(2)23-14(3)11-20/h5-9,13-14H,10-11H2,1-4H3/t13-,14-/m1/s1. The van der Waals surface area contributed by atoms with Crippen LogP contribution in [0.3, 0.4) is 0 Å². The average Bonchev–Trinajstić information content (AvgIpc) is 2.81. The first-order chi connectivity index (χ1) is 11.0. The first kappa shape index (κ1) is 15.7. The maximum atomic E-state index is 12.9. The maximum absolute atomic E-state index is 12.9. The largest absolute Gasteiger partial charge is 0.372 e. The highest BCUT2D eigenvalue weighted by Gasteiger charge is 2.28. The molecular formula is C18H23N3O2. The van der Waals surface area contributed by atoms with Crippen LogP contribution in [0.2, 0.25) is 0 Å². The highest BCUT2D eigenvalue weighted by atomic mass is 16.5. The van der Waals surface area contributed by atoms with Crippen LogP contribution in [0.15, 0.2) is 30.6 Å². The molecule has 1 amide bonds. The van der Waals surface area contributed by atoms with Gasteiger partial charge in [-0.15, -0.1) is 0 Å². The lowest BCUT2D eigenvalue weighted by molar-refractivity contribution is -0.0586. The van der Waals surface area contributed by atoms with Gasteiger partial charge in [0.25, 0.3) is 5.91 Å². The first-order valence-electron chi connectivity index (χ1n) is 8.01. The van der Waals surface area contributed by atoms with Gasteiger partial charge in [-0.3, -0.25) is 9.78 Å². The van der Waals surface area contributed by atoms with Crippen molar-refractivity contribution in [2.75, 3.05) is 13.1 Å². The summed E-state index contributed by atoms with van der Waals surface area (Å²) in [5.74, 6) is 0.0789. The number of nitrogens with zero attached hydrogens (tertiary/aromatic N) is 3. The molecular weight excluding hydrogens is 290 g/mol. The third-order valence-corrected chi connectivity index (χ3v) is 4.27. The molecule has 1 aliphatic rings. The second-order valence-corrected chi connectivity index (χ2v) is 6.30. The smallest absolute Gasteiger partial charge is 0.255 e. The Hall–Kier alpha value is -2.14. The molecule has 0 aliphatic carbocycles. The number of rotatable bonds is 2. The molecule has 2 atom stereocenters. The summed E-state index contributed by atoms with van der Waals surface area (Å²) in [5.41, 5.74) is 3.72. The third kappa shape index (κ3) is 3.01. The minimum Gasteiger partial charge on any atom is -0.372 e. The molecule has 1 saturated heterocycles. The van der Waals surface area contributed by atoms with E-state index < -0.39 is 0 Å². The average molecular weight is 313 g/mol. The van der Waals surface area contributed by atoms with Crippen LogP contribution in [0.1, 0.15) is 35.6 Å². The lowest BCUT2D eigenvalue weighted by Gasteiger charge is -2.35. The quantitative estimate of drug-likeness (QED) is 0.856. The second kappa shape index (κ2) is 6.16. The molecule has 3 rings (SSSR count). The molecule has 0 saturated carbocycles. The summed E-state index contributed by atoms with van der Waals surface area (Å²) in [5, 5.41) is 0. The van der Waals surface area contributed by atoms with Gasteiger partial charge in [-0.2, -0.15) is 0 Å². The van der Waals surface area contributed by atoms with Crippen LogP contribution in [0, 0.1) is 13.8 Å². The SMILES string of the molecule is Cc1cc(C(=O)N2C[C@@H](C)O[C@H](C)C2)c(C)n1-c1cccnc1. The summed E-state index contributed by atoms with van der Waals surface area (Å²) in [4.78, 5) is 19.0. The predicted octanol–water partition coefficient (Wildman–Crippen LogP) is 2.74. The molecule has 0 bridgehead atoms. The minimum atomic E-state index is 0.0736. The summed E-state index contributed by atoms with van der Waals surface area (Å²) in [7, 11) is 0.